The number of benzene rings is 1. The van der Waals surface area contributed by atoms with Crippen LogP contribution < -0.4 is 16.4 Å². The van der Waals surface area contributed by atoms with Gasteiger partial charge < -0.3 is 16.4 Å². The molecule has 2 amide bonds. The average molecular weight is 193 g/mol. The molecule has 0 fully saturated rings. The number of carbonyl (C=O) groups excluding carboxylic acids is 1. The van der Waals surface area contributed by atoms with Crippen LogP contribution in [0.5, 0.6) is 0 Å². The fraction of sp³-hybridized carbons (Fsp3) is 0.300. The molecule has 4 heteroatoms. The molecule has 4 nitrogen and oxygen atoms in total. The Morgan fingerprint density at radius 1 is 1.36 bits per heavy atom. The minimum atomic E-state index is -0.183. The Morgan fingerprint density at radius 3 is 2.57 bits per heavy atom. The third-order valence-electron chi connectivity index (χ3n) is 2.00. The number of nitrogens with two attached hydrogens (primary N) is 1. The summed E-state index contributed by atoms with van der Waals surface area (Å²) in [5.41, 5.74) is 7.67. The van der Waals surface area contributed by atoms with E-state index in [0.717, 1.165) is 11.1 Å². The van der Waals surface area contributed by atoms with Gasteiger partial charge in [0.2, 0.25) is 0 Å². The van der Waals surface area contributed by atoms with Crippen molar-refractivity contribution in [1.29, 1.82) is 0 Å². The molecule has 0 unspecified atom stereocenters. The van der Waals surface area contributed by atoms with E-state index in [9.17, 15) is 4.79 Å². The molecule has 1 aromatic carbocycles. The quantitative estimate of drug-likeness (QED) is 0.657. The minimum Gasteiger partial charge on any atom is -0.341 e. The van der Waals surface area contributed by atoms with Crippen molar-refractivity contribution in [2.45, 2.75) is 13.1 Å². The zero-order valence-corrected chi connectivity index (χ0v) is 8.21. The van der Waals surface area contributed by atoms with E-state index >= 15 is 0 Å². The van der Waals surface area contributed by atoms with Crippen LogP contribution in [0.2, 0.25) is 0 Å². The Hall–Kier alpha value is -1.55. The molecule has 1 rings (SSSR count). The molecular weight excluding hydrogens is 178 g/mol. The topological polar surface area (TPSA) is 67.2 Å². The van der Waals surface area contributed by atoms with Crippen LogP contribution in [-0.2, 0) is 13.1 Å². The van der Waals surface area contributed by atoms with Crippen LogP contribution in [0.4, 0.5) is 4.79 Å². The zero-order valence-electron chi connectivity index (χ0n) is 8.21. The summed E-state index contributed by atoms with van der Waals surface area (Å²) >= 11 is 0. The third kappa shape index (κ3) is 2.74. The van der Waals surface area contributed by atoms with Gasteiger partial charge in [-0.3, -0.25) is 0 Å². The van der Waals surface area contributed by atoms with Crippen LogP contribution in [0.1, 0.15) is 11.1 Å². The van der Waals surface area contributed by atoms with E-state index in [1.165, 1.54) is 0 Å². The molecule has 0 spiro atoms. The fourth-order valence-corrected chi connectivity index (χ4v) is 1.19. The molecule has 0 bridgehead atoms. The summed E-state index contributed by atoms with van der Waals surface area (Å²) in [7, 11) is 1.59. The van der Waals surface area contributed by atoms with E-state index in [1.807, 2.05) is 24.3 Å². The number of urea groups is 1. The second kappa shape index (κ2) is 5.24. The van der Waals surface area contributed by atoms with E-state index in [4.69, 9.17) is 5.73 Å². The molecule has 0 heterocycles. The standard InChI is InChI=1S/C10H15N3O/c1-12-10(14)13-7-9-5-3-2-4-8(9)6-11/h2-5H,6-7,11H2,1H3,(H2,12,13,14). The summed E-state index contributed by atoms with van der Waals surface area (Å²) in [6, 6.07) is 7.60. The lowest BCUT2D eigenvalue weighted by atomic mass is 10.1. The lowest BCUT2D eigenvalue weighted by molar-refractivity contribution is 0.242. The lowest BCUT2D eigenvalue weighted by Gasteiger charge is -2.08. The normalized spacial score (nSPS) is 9.57. The first-order valence-corrected chi connectivity index (χ1v) is 4.50. The highest BCUT2D eigenvalue weighted by atomic mass is 16.2. The van der Waals surface area contributed by atoms with E-state index in [2.05, 4.69) is 10.6 Å². The van der Waals surface area contributed by atoms with Crippen LogP contribution in [0.3, 0.4) is 0 Å². The van der Waals surface area contributed by atoms with Crippen molar-refractivity contribution in [3.63, 3.8) is 0 Å². The monoisotopic (exact) mass is 193 g/mol. The first kappa shape index (κ1) is 10.5. The predicted octanol–water partition coefficient (Wildman–Crippen LogP) is 0.574. The number of hydrogen-bond acceptors (Lipinski definition) is 2. The van der Waals surface area contributed by atoms with Gasteiger partial charge in [-0.15, -0.1) is 0 Å². The number of carbonyl (C=O) groups is 1. The van der Waals surface area contributed by atoms with E-state index in [-0.39, 0.29) is 6.03 Å². The van der Waals surface area contributed by atoms with Crippen molar-refractivity contribution in [1.82, 2.24) is 10.6 Å². The van der Waals surface area contributed by atoms with Crippen LogP contribution in [0, 0.1) is 0 Å². The van der Waals surface area contributed by atoms with Gasteiger partial charge in [-0.2, -0.15) is 0 Å². The number of hydrogen-bond donors (Lipinski definition) is 3. The average Bonchev–Trinajstić information content (AvgIpc) is 2.26. The minimum absolute atomic E-state index is 0.183. The van der Waals surface area contributed by atoms with Gasteiger partial charge in [0.05, 0.1) is 0 Å². The maximum Gasteiger partial charge on any atom is 0.314 e. The fourth-order valence-electron chi connectivity index (χ4n) is 1.19. The largest absolute Gasteiger partial charge is 0.341 e. The van der Waals surface area contributed by atoms with Gasteiger partial charge in [0, 0.05) is 20.1 Å². The Labute approximate surface area is 83.5 Å². The van der Waals surface area contributed by atoms with Crippen LogP contribution in [0.25, 0.3) is 0 Å². The highest BCUT2D eigenvalue weighted by Gasteiger charge is 2.01. The van der Waals surface area contributed by atoms with Crippen molar-refractivity contribution in [2.24, 2.45) is 5.73 Å². The smallest absolute Gasteiger partial charge is 0.314 e. The Morgan fingerprint density at radius 2 is 2.00 bits per heavy atom. The molecule has 0 aliphatic rings. The van der Waals surface area contributed by atoms with Crippen molar-refractivity contribution in [3.8, 4) is 0 Å². The summed E-state index contributed by atoms with van der Waals surface area (Å²) in [6.07, 6.45) is 0. The zero-order chi connectivity index (χ0) is 10.4. The Balaban J connectivity index is 2.61. The van der Waals surface area contributed by atoms with Crippen LogP contribution in [-0.4, -0.2) is 13.1 Å². The summed E-state index contributed by atoms with van der Waals surface area (Å²) in [5.74, 6) is 0. The van der Waals surface area contributed by atoms with Crippen LogP contribution in [0.15, 0.2) is 24.3 Å². The van der Waals surface area contributed by atoms with Crippen molar-refractivity contribution in [3.05, 3.63) is 35.4 Å². The second-order valence-electron chi connectivity index (χ2n) is 2.91. The molecule has 4 N–H and O–H groups in total. The molecule has 0 radical (unpaired) electrons. The first-order valence-electron chi connectivity index (χ1n) is 4.50. The first-order chi connectivity index (χ1) is 6.77. The van der Waals surface area contributed by atoms with Gasteiger partial charge in [0.25, 0.3) is 0 Å². The van der Waals surface area contributed by atoms with Crippen LogP contribution >= 0.6 is 0 Å². The molecule has 0 atom stereocenters. The summed E-state index contributed by atoms with van der Waals surface area (Å²) < 4.78 is 0. The highest BCUT2D eigenvalue weighted by Crippen LogP contribution is 2.06. The van der Waals surface area contributed by atoms with Gasteiger partial charge in [0.1, 0.15) is 0 Å². The molecule has 0 aliphatic carbocycles. The Bertz CT molecular complexity index is 312. The van der Waals surface area contributed by atoms with Gasteiger partial charge >= 0.3 is 6.03 Å². The van der Waals surface area contributed by atoms with Crippen molar-refractivity contribution < 1.29 is 4.79 Å². The molecule has 0 aromatic heterocycles. The molecule has 0 saturated heterocycles. The number of amides is 2. The maximum atomic E-state index is 10.9. The molecule has 0 aliphatic heterocycles. The van der Waals surface area contributed by atoms with Gasteiger partial charge in [-0.25, -0.2) is 4.79 Å². The molecular formula is C10H15N3O. The lowest BCUT2D eigenvalue weighted by Crippen LogP contribution is -2.32. The van der Waals surface area contributed by atoms with Gasteiger partial charge in [-0.05, 0) is 11.1 Å². The predicted molar refractivity (Wildman–Crippen MR) is 55.6 cm³/mol. The van der Waals surface area contributed by atoms with E-state index < -0.39 is 0 Å². The molecule has 1 aromatic rings. The number of rotatable bonds is 3. The summed E-state index contributed by atoms with van der Waals surface area (Å²) in [4.78, 5) is 10.9. The SMILES string of the molecule is CNC(=O)NCc1ccccc1CN. The second-order valence-corrected chi connectivity index (χ2v) is 2.91. The third-order valence-corrected chi connectivity index (χ3v) is 2.00. The highest BCUT2D eigenvalue weighted by molar-refractivity contribution is 5.73. The molecule has 76 valence electrons. The summed E-state index contributed by atoms with van der Waals surface area (Å²) in [6.45, 7) is 0.999. The number of nitrogens with one attached hydrogen (secondary N) is 2. The maximum absolute atomic E-state index is 10.9. The summed E-state index contributed by atoms with van der Waals surface area (Å²) in [5, 5.41) is 5.21. The van der Waals surface area contributed by atoms with Gasteiger partial charge in [0.15, 0.2) is 0 Å². The van der Waals surface area contributed by atoms with Gasteiger partial charge in [-0.1, -0.05) is 24.3 Å². The molecule has 0 saturated carbocycles. The van der Waals surface area contributed by atoms with Crippen molar-refractivity contribution >= 4 is 6.03 Å². The van der Waals surface area contributed by atoms with Crippen molar-refractivity contribution in [2.75, 3.05) is 7.05 Å². The molecule has 14 heavy (non-hydrogen) atoms. The van der Waals surface area contributed by atoms with E-state index in [1.54, 1.807) is 7.05 Å². The van der Waals surface area contributed by atoms with E-state index in [0.29, 0.717) is 13.1 Å². The Kier molecular flexibility index (Phi) is 3.94.